The Hall–Kier alpha value is -1.96. The molecular formula is C17H20O2. The standard InChI is InChI=1S/C17H20O2/c1-12(2)16-15(18-3)11-10-14(17(16)19-4)13-8-6-5-7-9-13/h5-12H,1-4H3. The first-order valence-corrected chi connectivity index (χ1v) is 6.49. The Bertz CT molecular complexity index is 545. The highest BCUT2D eigenvalue weighted by Gasteiger charge is 2.18. The first-order chi connectivity index (χ1) is 9.19. The minimum absolute atomic E-state index is 0.341. The van der Waals surface area contributed by atoms with Crippen molar-refractivity contribution >= 4 is 0 Å². The lowest BCUT2D eigenvalue weighted by Gasteiger charge is -2.19. The van der Waals surface area contributed by atoms with E-state index in [-0.39, 0.29) is 0 Å². The largest absolute Gasteiger partial charge is 0.496 e. The molecule has 0 unspecified atom stereocenters. The van der Waals surface area contributed by atoms with E-state index in [2.05, 4.69) is 32.0 Å². The van der Waals surface area contributed by atoms with Crippen molar-refractivity contribution in [2.24, 2.45) is 0 Å². The third kappa shape index (κ3) is 2.58. The highest BCUT2D eigenvalue weighted by molar-refractivity contribution is 5.74. The van der Waals surface area contributed by atoms with Crippen LogP contribution in [0.1, 0.15) is 25.3 Å². The number of methoxy groups -OCH3 is 2. The van der Waals surface area contributed by atoms with Gasteiger partial charge in [0.2, 0.25) is 0 Å². The van der Waals surface area contributed by atoms with Gasteiger partial charge in [-0.1, -0.05) is 44.2 Å². The van der Waals surface area contributed by atoms with Crippen LogP contribution >= 0.6 is 0 Å². The van der Waals surface area contributed by atoms with E-state index in [1.54, 1.807) is 14.2 Å². The van der Waals surface area contributed by atoms with Gasteiger partial charge in [-0.05, 0) is 23.6 Å². The molecule has 0 aliphatic heterocycles. The van der Waals surface area contributed by atoms with Crippen molar-refractivity contribution in [3.8, 4) is 22.6 Å². The fourth-order valence-corrected chi connectivity index (χ4v) is 2.37. The molecule has 19 heavy (non-hydrogen) atoms. The number of hydrogen-bond donors (Lipinski definition) is 0. The van der Waals surface area contributed by atoms with Crippen molar-refractivity contribution in [1.29, 1.82) is 0 Å². The second kappa shape index (κ2) is 5.79. The van der Waals surface area contributed by atoms with E-state index >= 15 is 0 Å². The molecule has 2 aromatic carbocycles. The molecule has 0 saturated carbocycles. The molecule has 100 valence electrons. The Balaban J connectivity index is 2.67. The van der Waals surface area contributed by atoms with E-state index in [1.165, 1.54) is 0 Å². The van der Waals surface area contributed by atoms with Crippen LogP contribution in [-0.2, 0) is 0 Å². The summed E-state index contributed by atoms with van der Waals surface area (Å²) in [5, 5.41) is 0. The Morgan fingerprint density at radius 2 is 1.53 bits per heavy atom. The predicted molar refractivity (Wildman–Crippen MR) is 79.1 cm³/mol. The second-order valence-electron chi connectivity index (χ2n) is 4.78. The van der Waals surface area contributed by atoms with Gasteiger partial charge in [-0.2, -0.15) is 0 Å². The third-order valence-corrected chi connectivity index (χ3v) is 3.24. The van der Waals surface area contributed by atoms with Gasteiger partial charge in [-0.25, -0.2) is 0 Å². The maximum atomic E-state index is 5.65. The van der Waals surface area contributed by atoms with Crippen LogP contribution in [0.3, 0.4) is 0 Å². The first-order valence-electron chi connectivity index (χ1n) is 6.49. The molecule has 0 atom stereocenters. The molecular weight excluding hydrogens is 236 g/mol. The summed E-state index contributed by atoms with van der Waals surface area (Å²) in [6.07, 6.45) is 0. The summed E-state index contributed by atoms with van der Waals surface area (Å²) in [5.74, 6) is 2.13. The summed E-state index contributed by atoms with van der Waals surface area (Å²) in [5.41, 5.74) is 3.38. The van der Waals surface area contributed by atoms with Crippen molar-refractivity contribution in [1.82, 2.24) is 0 Å². The number of rotatable bonds is 4. The van der Waals surface area contributed by atoms with Gasteiger partial charge in [0, 0.05) is 11.1 Å². The lowest BCUT2D eigenvalue weighted by atomic mass is 9.94. The SMILES string of the molecule is COc1ccc(-c2ccccc2)c(OC)c1C(C)C. The number of ether oxygens (including phenoxy) is 2. The average molecular weight is 256 g/mol. The summed E-state index contributed by atoms with van der Waals surface area (Å²) in [4.78, 5) is 0. The number of benzene rings is 2. The van der Waals surface area contributed by atoms with Gasteiger partial charge in [0.25, 0.3) is 0 Å². The fraction of sp³-hybridized carbons (Fsp3) is 0.294. The second-order valence-corrected chi connectivity index (χ2v) is 4.78. The van der Waals surface area contributed by atoms with E-state index in [1.807, 2.05) is 24.3 Å². The van der Waals surface area contributed by atoms with Gasteiger partial charge in [-0.15, -0.1) is 0 Å². The Labute approximate surface area is 115 Å². The van der Waals surface area contributed by atoms with Crippen LogP contribution in [0.4, 0.5) is 0 Å². The molecule has 0 amide bonds. The van der Waals surface area contributed by atoms with Crippen LogP contribution < -0.4 is 9.47 Å². The van der Waals surface area contributed by atoms with Gasteiger partial charge in [0.1, 0.15) is 11.5 Å². The van der Waals surface area contributed by atoms with Crippen LogP contribution in [0.25, 0.3) is 11.1 Å². The number of hydrogen-bond acceptors (Lipinski definition) is 2. The van der Waals surface area contributed by atoms with E-state index in [0.717, 1.165) is 28.2 Å². The molecule has 2 heteroatoms. The highest BCUT2D eigenvalue weighted by Crippen LogP contribution is 2.42. The normalized spacial score (nSPS) is 10.6. The molecule has 0 N–H and O–H groups in total. The molecule has 0 spiro atoms. The van der Waals surface area contributed by atoms with Gasteiger partial charge < -0.3 is 9.47 Å². The molecule has 0 aliphatic carbocycles. The summed E-state index contributed by atoms with van der Waals surface area (Å²) >= 11 is 0. The van der Waals surface area contributed by atoms with Crippen molar-refractivity contribution in [2.75, 3.05) is 14.2 Å². The Morgan fingerprint density at radius 3 is 2.05 bits per heavy atom. The quantitative estimate of drug-likeness (QED) is 0.802. The molecule has 2 nitrogen and oxygen atoms in total. The average Bonchev–Trinajstić information content (AvgIpc) is 2.46. The van der Waals surface area contributed by atoms with Crippen LogP contribution in [0.15, 0.2) is 42.5 Å². The van der Waals surface area contributed by atoms with Crippen LogP contribution in [-0.4, -0.2) is 14.2 Å². The van der Waals surface area contributed by atoms with Gasteiger partial charge in [0.05, 0.1) is 14.2 Å². The first kappa shape index (κ1) is 13.5. The molecule has 0 bridgehead atoms. The smallest absolute Gasteiger partial charge is 0.133 e. The molecule has 2 rings (SSSR count). The van der Waals surface area contributed by atoms with Crippen molar-refractivity contribution < 1.29 is 9.47 Å². The van der Waals surface area contributed by atoms with E-state index in [9.17, 15) is 0 Å². The van der Waals surface area contributed by atoms with E-state index < -0.39 is 0 Å². The van der Waals surface area contributed by atoms with Crippen LogP contribution in [0, 0.1) is 0 Å². The monoisotopic (exact) mass is 256 g/mol. The lowest BCUT2D eigenvalue weighted by molar-refractivity contribution is 0.383. The molecule has 2 aromatic rings. The van der Waals surface area contributed by atoms with E-state index in [4.69, 9.17) is 9.47 Å². The molecule has 0 aliphatic rings. The molecule has 0 heterocycles. The maximum absolute atomic E-state index is 5.65. The zero-order chi connectivity index (χ0) is 13.8. The fourth-order valence-electron chi connectivity index (χ4n) is 2.37. The summed E-state index contributed by atoms with van der Waals surface area (Å²) < 4.78 is 11.1. The van der Waals surface area contributed by atoms with Crippen molar-refractivity contribution in [2.45, 2.75) is 19.8 Å². The maximum Gasteiger partial charge on any atom is 0.133 e. The van der Waals surface area contributed by atoms with Crippen LogP contribution in [0.5, 0.6) is 11.5 Å². The summed E-state index contributed by atoms with van der Waals surface area (Å²) in [6, 6.07) is 14.3. The van der Waals surface area contributed by atoms with Crippen LogP contribution in [0.2, 0.25) is 0 Å². The molecule has 0 saturated heterocycles. The minimum atomic E-state index is 0.341. The third-order valence-electron chi connectivity index (χ3n) is 3.24. The molecule has 0 radical (unpaired) electrons. The van der Waals surface area contributed by atoms with Crippen molar-refractivity contribution in [3.05, 3.63) is 48.0 Å². The van der Waals surface area contributed by atoms with Gasteiger partial charge >= 0.3 is 0 Å². The zero-order valence-electron chi connectivity index (χ0n) is 11.9. The Morgan fingerprint density at radius 1 is 0.842 bits per heavy atom. The van der Waals surface area contributed by atoms with Crippen molar-refractivity contribution in [3.63, 3.8) is 0 Å². The Kier molecular flexibility index (Phi) is 4.10. The summed E-state index contributed by atoms with van der Waals surface area (Å²) in [6.45, 7) is 4.30. The minimum Gasteiger partial charge on any atom is -0.496 e. The molecule has 0 aromatic heterocycles. The van der Waals surface area contributed by atoms with Gasteiger partial charge in [0.15, 0.2) is 0 Å². The van der Waals surface area contributed by atoms with E-state index in [0.29, 0.717) is 5.92 Å². The zero-order valence-corrected chi connectivity index (χ0v) is 11.9. The van der Waals surface area contributed by atoms with Gasteiger partial charge in [-0.3, -0.25) is 0 Å². The predicted octanol–water partition coefficient (Wildman–Crippen LogP) is 4.49. The summed E-state index contributed by atoms with van der Waals surface area (Å²) in [7, 11) is 3.41. The molecule has 0 fully saturated rings. The highest BCUT2D eigenvalue weighted by atomic mass is 16.5. The lowest BCUT2D eigenvalue weighted by Crippen LogP contribution is -2.00. The topological polar surface area (TPSA) is 18.5 Å².